The number of carboxylic acid groups (broad SMARTS) is 1. The molecule has 2 aromatic rings. The lowest BCUT2D eigenvalue weighted by molar-refractivity contribution is -0.137. The maximum atomic E-state index is 10.9. The Hall–Kier alpha value is -2.88. The molecule has 23 heavy (non-hydrogen) atoms. The van der Waals surface area contributed by atoms with Crippen molar-refractivity contribution in [2.75, 3.05) is 5.73 Å². The first-order valence-corrected chi connectivity index (χ1v) is 7.34. The van der Waals surface area contributed by atoms with E-state index in [0.29, 0.717) is 11.3 Å². The highest BCUT2D eigenvalue weighted by atomic mass is 16.4. The van der Waals surface area contributed by atoms with Gasteiger partial charge in [-0.15, -0.1) is 0 Å². The standard InChI is InChI=1S/C16H19N5O2/c1-4-21-10(3)13(8-19-21)11-6-14(9(2)5-15(22)23)20-16(18)12(11)7-17/h6,8-9H,4-5H2,1-3H3,(H2,18,20)(H,22,23). The van der Waals surface area contributed by atoms with Crippen LogP contribution in [-0.4, -0.2) is 25.8 Å². The average molecular weight is 313 g/mol. The van der Waals surface area contributed by atoms with E-state index in [1.165, 1.54) is 0 Å². The highest BCUT2D eigenvalue weighted by Crippen LogP contribution is 2.32. The summed E-state index contributed by atoms with van der Waals surface area (Å²) < 4.78 is 1.83. The summed E-state index contributed by atoms with van der Waals surface area (Å²) in [6.07, 6.45) is 1.64. The molecular weight excluding hydrogens is 294 g/mol. The van der Waals surface area contributed by atoms with Crippen LogP contribution in [0.5, 0.6) is 0 Å². The molecule has 7 nitrogen and oxygen atoms in total. The van der Waals surface area contributed by atoms with Crippen LogP contribution in [0.2, 0.25) is 0 Å². The third-order valence-corrected chi connectivity index (χ3v) is 3.86. The summed E-state index contributed by atoms with van der Waals surface area (Å²) in [7, 11) is 0. The van der Waals surface area contributed by atoms with Gasteiger partial charge in [-0.3, -0.25) is 9.48 Å². The van der Waals surface area contributed by atoms with Crippen molar-refractivity contribution in [1.82, 2.24) is 14.8 Å². The lowest BCUT2D eigenvalue weighted by Gasteiger charge is -2.13. The van der Waals surface area contributed by atoms with E-state index in [2.05, 4.69) is 16.2 Å². The molecule has 120 valence electrons. The lowest BCUT2D eigenvalue weighted by atomic mass is 9.96. The monoisotopic (exact) mass is 313 g/mol. The molecule has 0 aliphatic heterocycles. The summed E-state index contributed by atoms with van der Waals surface area (Å²) in [5, 5.41) is 22.6. The van der Waals surface area contributed by atoms with E-state index in [-0.39, 0.29) is 23.7 Å². The van der Waals surface area contributed by atoms with Gasteiger partial charge in [-0.05, 0) is 19.9 Å². The maximum Gasteiger partial charge on any atom is 0.304 e. The Morgan fingerprint density at radius 3 is 2.74 bits per heavy atom. The van der Waals surface area contributed by atoms with Gasteiger partial charge in [0, 0.05) is 35.0 Å². The second-order valence-electron chi connectivity index (χ2n) is 5.43. The Bertz CT molecular complexity index is 788. The van der Waals surface area contributed by atoms with Crippen molar-refractivity contribution in [3.05, 3.63) is 29.2 Å². The highest BCUT2D eigenvalue weighted by Gasteiger charge is 2.20. The maximum absolute atomic E-state index is 10.9. The number of nitrogens with zero attached hydrogens (tertiary/aromatic N) is 4. The zero-order chi connectivity index (χ0) is 17.1. The number of nitriles is 1. The molecule has 7 heteroatoms. The zero-order valence-electron chi connectivity index (χ0n) is 13.4. The molecule has 0 aliphatic rings. The average Bonchev–Trinajstić information content (AvgIpc) is 2.86. The Morgan fingerprint density at radius 1 is 1.52 bits per heavy atom. The van der Waals surface area contributed by atoms with Crippen LogP contribution in [0.4, 0.5) is 5.82 Å². The largest absolute Gasteiger partial charge is 0.481 e. The predicted molar refractivity (Wildman–Crippen MR) is 85.7 cm³/mol. The number of rotatable bonds is 5. The van der Waals surface area contributed by atoms with E-state index in [4.69, 9.17) is 10.8 Å². The molecule has 0 saturated heterocycles. The Kier molecular flexibility index (Phi) is 4.65. The molecule has 2 aromatic heterocycles. The molecule has 0 amide bonds. The molecule has 0 aromatic carbocycles. The van der Waals surface area contributed by atoms with Gasteiger partial charge < -0.3 is 10.8 Å². The SMILES string of the molecule is CCn1ncc(-c2cc(C(C)CC(=O)O)nc(N)c2C#N)c1C. The number of nitrogens with two attached hydrogens (primary N) is 1. The van der Waals surface area contributed by atoms with Gasteiger partial charge in [-0.1, -0.05) is 6.92 Å². The van der Waals surface area contributed by atoms with E-state index in [0.717, 1.165) is 17.8 Å². The predicted octanol–water partition coefficient (Wildman–Crippen LogP) is 2.31. The van der Waals surface area contributed by atoms with E-state index < -0.39 is 5.97 Å². The van der Waals surface area contributed by atoms with E-state index in [9.17, 15) is 10.1 Å². The summed E-state index contributed by atoms with van der Waals surface area (Å²) >= 11 is 0. The summed E-state index contributed by atoms with van der Waals surface area (Å²) in [6, 6.07) is 3.83. The number of carbonyl (C=O) groups is 1. The van der Waals surface area contributed by atoms with Crippen molar-refractivity contribution in [3.63, 3.8) is 0 Å². The summed E-state index contributed by atoms with van der Waals surface area (Å²) in [5.74, 6) is -1.09. The fourth-order valence-electron chi connectivity index (χ4n) is 2.56. The van der Waals surface area contributed by atoms with Crippen LogP contribution in [0.1, 0.15) is 43.1 Å². The molecule has 0 saturated carbocycles. The normalized spacial score (nSPS) is 11.9. The number of hydrogen-bond acceptors (Lipinski definition) is 5. The molecule has 0 bridgehead atoms. The summed E-state index contributed by atoms with van der Waals surface area (Å²) in [4.78, 5) is 15.1. The third-order valence-electron chi connectivity index (χ3n) is 3.86. The first kappa shape index (κ1) is 16.5. The lowest BCUT2D eigenvalue weighted by Crippen LogP contribution is -2.08. The van der Waals surface area contributed by atoms with Gasteiger partial charge in [0.2, 0.25) is 0 Å². The number of hydrogen-bond donors (Lipinski definition) is 2. The molecule has 0 fully saturated rings. The van der Waals surface area contributed by atoms with Crippen molar-refractivity contribution < 1.29 is 9.90 Å². The molecule has 2 heterocycles. The van der Waals surface area contributed by atoms with Gasteiger partial charge in [0.05, 0.1) is 12.6 Å². The van der Waals surface area contributed by atoms with E-state index in [1.54, 1.807) is 19.2 Å². The highest BCUT2D eigenvalue weighted by molar-refractivity contribution is 5.77. The molecule has 1 atom stereocenters. The quantitative estimate of drug-likeness (QED) is 0.874. The number of aliphatic carboxylic acids is 1. The van der Waals surface area contributed by atoms with Gasteiger partial charge in [-0.2, -0.15) is 10.4 Å². The Balaban J connectivity index is 2.61. The molecule has 2 rings (SSSR count). The number of aromatic nitrogens is 3. The summed E-state index contributed by atoms with van der Waals surface area (Å²) in [5.41, 5.74) is 9.14. The van der Waals surface area contributed by atoms with Gasteiger partial charge >= 0.3 is 5.97 Å². The van der Waals surface area contributed by atoms with E-state index in [1.807, 2.05) is 18.5 Å². The number of carboxylic acids is 1. The summed E-state index contributed by atoms with van der Waals surface area (Å²) in [6.45, 7) is 6.39. The number of nitrogen functional groups attached to an aromatic ring is 1. The molecule has 3 N–H and O–H groups in total. The topological polar surface area (TPSA) is 118 Å². The second kappa shape index (κ2) is 6.48. The van der Waals surface area contributed by atoms with Crippen LogP contribution in [0.25, 0.3) is 11.1 Å². The Labute approximate surface area is 134 Å². The number of aryl methyl sites for hydroxylation is 1. The van der Waals surface area contributed by atoms with Crippen LogP contribution in [0, 0.1) is 18.3 Å². The molecular formula is C16H19N5O2. The van der Waals surface area contributed by atoms with Crippen molar-refractivity contribution in [3.8, 4) is 17.2 Å². The number of anilines is 1. The van der Waals surface area contributed by atoms with Gasteiger partial charge in [0.15, 0.2) is 0 Å². The number of pyridine rings is 1. The van der Waals surface area contributed by atoms with Crippen molar-refractivity contribution in [2.45, 2.75) is 39.7 Å². The molecule has 0 spiro atoms. The first-order valence-electron chi connectivity index (χ1n) is 7.34. The van der Waals surface area contributed by atoms with Crippen LogP contribution < -0.4 is 5.73 Å². The minimum atomic E-state index is -0.904. The molecule has 0 radical (unpaired) electrons. The van der Waals surface area contributed by atoms with Crippen LogP contribution >= 0.6 is 0 Å². The first-order chi connectivity index (χ1) is 10.9. The van der Waals surface area contributed by atoms with Crippen molar-refractivity contribution in [1.29, 1.82) is 5.26 Å². The fourth-order valence-corrected chi connectivity index (χ4v) is 2.56. The zero-order valence-corrected chi connectivity index (χ0v) is 13.4. The van der Waals surface area contributed by atoms with Gasteiger partial charge in [-0.25, -0.2) is 4.98 Å². The Morgan fingerprint density at radius 2 is 2.22 bits per heavy atom. The van der Waals surface area contributed by atoms with Crippen LogP contribution in [0.15, 0.2) is 12.3 Å². The van der Waals surface area contributed by atoms with Crippen LogP contribution in [0.3, 0.4) is 0 Å². The smallest absolute Gasteiger partial charge is 0.304 e. The minimum absolute atomic E-state index is 0.0506. The van der Waals surface area contributed by atoms with E-state index >= 15 is 0 Å². The fraction of sp³-hybridized carbons (Fsp3) is 0.375. The van der Waals surface area contributed by atoms with Crippen molar-refractivity contribution >= 4 is 11.8 Å². The molecule has 0 aliphatic carbocycles. The molecule has 1 unspecified atom stereocenters. The third kappa shape index (κ3) is 3.16. The van der Waals surface area contributed by atoms with Gasteiger partial charge in [0.1, 0.15) is 17.5 Å². The minimum Gasteiger partial charge on any atom is -0.481 e. The van der Waals surface area contributed by atoms with Gasteiger partial charge in [0.25, 0.3) is 0 Å². The van der Waals surface area contributed by atoms with Crippen molar-refractivity contribution in [2.24, 2.45) is 0 Å². The second-order valence-corrected chi connectivity index (χ2v) is 5.43. The van der Waals surface area contributed by atoms with Crippen LogP contribution in [-0.2, 0) is 11.3 Å².